The summed E-state index contributed by atoms with van der Waals surface area (Å²) in [5, 5.41) is 28.6. The molecule has 0 radical (unpaired) electrons. The fraction of sp³-hybridized carbons (Fsp3) is 0.250. The molecule has 0 aliphatic carbocycles. The van der Waals surface area contributed by atoms with Crippen LogP contribution in [0.15, 0.2) is 48.5 Å². The van der Waals surface area contributed by atoms with Gasteiger partial charge in [-0.3, -0.25) is 0 Å². The smallest absolute Gasteiger partial charge is 0.157 e. The van der Waals surface area contributed by atoms with E-state index in [-0.39, 0.29) is 11.5 Å². The molecule has 3 heteroatoms. The Morgan fingerprint density at radius 3 is 2.32 bits per heavy atom. The van der Waals surface area contributed by atoms with Gasteiger partial charge in [-0.1, -0.05) is 36.4 Å². The molecule has 0 spiro atoms. The van der Waals surface area contributed by atoms with Crippen LogP contribution in [0.4, 0.5) is 0 Å². The summed E-state index contributed by atoms with van der Waals surface area (Å²) in [7, 11) is 0. The number of rotatable bonds is 5. The van der Waals surface area contributed by atoms with Crippen LogP contribution in [0, 0.1) is 0 Å². The van der Waals surface area contributed by atoms with Gasteiger partial charge in [0.15, 0.2) is 11.5 Å². The number of hydrogen-bond donors (Lipinski definition) is 3. The van der Waals surface area contributed by atoms with Gasteiger partial charge < -0.3 is 15.3 Å². The maximum atomic E-state index is 10.0. The molecule has 0 bridgehead atoms. The van der Waals surface area contributed by atoms with Crippen molar-refractivity contribution in [1.82, 2.24) is 0 Å². The van der Waals surface area contributed by atoms with E-state index in [4.69, 9.17) is 0 Å². The Hall–Kier alpha value is -2.00. The molecular weight excluding hydrogens is 240 g/mol. The Bertz CT molecular complexity index is 523. The number of phenols is 2. The van der Waals surface area contributed by atoms with Crippen molar-refractivity contribution in [2.45, 2.75) is 25.4 Å². The monoisotopic (exact) mass is 258 g/mol. The van der Waals surface area contributed by atoms with E-state index < -0.39 is 6.10 Å². The number of aliphatic hydroxyl groups excluding tert-OH is 1. The first-order valence-electron chi connectivity index (χ1n) is 6.40. The van der Waals surface area contributed by atoms with Crippen LogP contribution in [-0.4, -0.2) is 15.3 Å². The molecule has 0 saturated heterocycles. The minimum absolute atomic E-state index is 0.166. The fourth-order valence-corrected chi connectivity index (χ4v) is 2.06. The lowest BCUT2D eigenvalue weighted by Crippen LogP contribution is -1.98. The first-order chi connectivity index (χ1) is 9.16. The zero-order valence-electron chi connectivity index (χ0n) is 10.7. The van der Waals surface area contributed by atoms with Gasteiger partial charge in [0.25, 0.3) is 0 Å². The lowest BCUT2D eigenvalue weighted by Gasteiger charge is -2.11. The molecule has 2 rings (SSSR count). The molecule has 2 aromatic rings. The molecule has 3 nitrogen and oxygen atoms in total. The topological polar surface area (TPSA) is 60.7 Å². The molecule has 100 valence electrons. The van der Waals surface area contributed by atoms with Crippen LogP contribution in [-0.2, 0) is 6.42 Å². The van der Waals surface area contributed by atoms with Crippen molar-refractivity contribution >= 4 is 0 Å². The van der Waals surface area contributed by atoms with Gasteiger partial charge in [0.2, 0.25) is 0 Å². The van der Waals surface area contributed by atoms with Crippen LogP contribution in [0.25, 0.3) is 0 Å². The average Bonchev–Trinajstić information content (AvgIpc) is 2.43. The molecular formula is C16H18O3. The Morgan fingerprint density at radius 2 is 1.63 bits per heavy atom. The zero-order chi connectivity index (χ0) is 13.7. The van der Waals surface area contributed by atoms with Crippen LogP contribution < -0.4 is 0 Å². The van der Waals surface area contributed by atoms with Crippen LogP contribution in [0.1, 0.15) is 30.1 Å². The fourth-order valence-electron chi connectivity index (χ4n) is 2.06. The SMILES string of the molecule is Oc1ccc(C(O)CCCc2ccccc2)cc1O. The van der Waals surface area contributed by atoms with Crippen molar-refractivity contribution in [3.63, 3.8) is 0 Å². The Balaban J connectivity index is 1.87. The number of aromatic hydroxyl groups is 2. The third-order valence-corrected chi connectivity index (χ3v) is 3.17. The third-order valence-electron chi connectivity index (χ3n) is 3.17. The van der Waals surface area contributed by atoms with Crippen molar-refractivity contribution in [3.05, 3.63) is 59.7 Å². The van der Waals surface area contributed by atoms with E-state index in [0.717, 1.165) is 12.8 Å². The summed E-state index contributed by atoms with van der Waals surface area (Å²) in [4.78, 5) is 0. The highest BCUT2D eigenvalue weighted by molar-refractivity contribution is 5.41. The summed E-state index contributed by atoms with van der Waals surface area (Å²) in [6, 6.07) is 14.6. The van der Waals surface area contributed by atoms with Gasteiger partial charge >= 0.3 is 0 Å². The largest absolute Gasteiger partial charge is 0.504 e. The van der Waals surface area contributed by atoms with Gasteiger partial charge in [-0.2, -0.15) is 0 Å². The zero-order valence-corrected chi connectivity index (χ0v) is 10.7. The van der Waals surface area contributed by atoms with Crippen LogP contribution in [0.3, 0.4) is 0 Å². The van der Waals surface area contributed by atoms with Crippen molar-refractivity contribution in [3.8, 4) is 11.5 Å². The Labute approximate surface area is 112 Å². The van der Waals surface area contributed by atoms with Crippen molar-refractivity contribution in [1.29, 1.82) is 0 Å². The number of hydrogen-bond acceptors (Lipinski definition) is 3. The number of aryl methyl sites for hydroxylation is 1. The number of phenolic OH excluding ortho intramolecular Hbond substituents is 2. The Kier molecular flexibility index (Phi) is 4.42. The second-order valence-corrected chi connectivity index (χ2v) is 4.64. The maximum Gasteiger partial charge on any atom is 0.157 e. The minimum Gasteiger partial charge on any atom is -0.504 e. The van der Waals surface area contributed by atoms with E-state index in [9.17, 15) is 15.3 Å². The molecule has 0 amide bonds. The van der Waals surface area contributed by atoms with Gasteiger partial charge in [-0.15, -0.1) is 0 Å². The molecule has 19 heavy (non-hydrogen) atoms. The molecule has 0 aromatic heterocycles. The summed E-state index contributed by atoms with van der Waals surface area (Å²) < 4.78 is 0. The molecule has 0 heterocycles. The quantitative estimate of drug-likeness (QED) is 0.722. The lowest BCUT2D eigenvalue weighted by molar-refractivity contribution is 0.164. The number of aliphatic hydroxyl groups is 1. The predicted octanol–water partition coefficient (Wildman–Crippen LogP) is 3.15. The second kappa shape index (κ2) is 6.25. The molecule has 2 aromatic carbocycles. The Morgan fingerprint density at radius 1 is 0.895 bits per heavy atom. The second-order valence-electron chi connectivity index (χ2n) is 4.64. The number of benzene rings is 2. The van der Waals surface area contributed by atoms with Gasteiger partial charge in [-0.25, -0.2) is 0 Å². The highest BCUT2D eigenvalue weighted by Gasteiger charge is 2.09. The van der Waals surface area contributed by atoms with E-state index in [2.05, 4.69) is 12.1 Å². The van der Waals surface area contributed by atoms with Crippen molar-refractivity contribution < 1.29 is 15.3 Å². The van der Waals surface area contributed by atoms with Crippen molar-refractivity contribution in [2.24, 2.45) is 0 Å². The summed E-state index contributed by atoms with van der Waals surface area (Å²) >= 11 is 0. The van der Waals surface area contributed by atoms with Crippen molar-refractivity contribution in [2.75, 3.05) is 0 Å². The average molecular weight is 258 g/mol. The van der Waals surface area contributed by atoms with E-state index >= 15 is 0 Å². The maximum absolute atomic E-state index is 10.0. The van der Waals surface area contributed by atoms with Gasteiger partial charge in [0.1, 0.15) is 0 Å². The first-order valence-corrected chi connectivity index (χ1v) is 6.40. The molecule has 1 unspecified atom stereocenters. The van der Waals surface area contributed by atoms with E-state index in [0.29, 0.717) is 12.0 Å². The summed E-state index contributed by atoms with van der Waals surface area (Å²) in [6.45, 7) is 0. The highest BCUT2D eigenvalue weighted by atomic mass is 16.3. The first kappa shape index (κ1) is 13.4. The third kappa shape index (κ3) is 3.73. The van der Waals surface area contributed by atoms with E-state index in [1.807, 2.05) is 18.2 Å². The summed E-state index contributed by atoms with van der Waals surface area (Å²) in [5.74, 6) is -0.361. The molecule has 0 aliphatic rings. The molecule has 0 aliphatic heterocycles. The minimum atomic E-state index is -0.616. The highest BCUT2D eigenvalue weighted by Crippen LogP contribution is 2.29. The molecule has 3 N–H and O–H groups in total. The van der Waals surface area contributed by atoms with Crippen LogP contribution >= 0.6 is 0 Å². The van der Waals surface area contributed by atoms with Gasteiger partial charge in [0.05, 0.1) is 6.10 Å². The van der Waals surface area contributed by atoms with E-state index in [1.165, 1.54) is 17.7 Å². The van der Waals surface area contributed by atoms with Gasteiger partial charge in [-0.05, 0) is 42.5 Å². The van der Waals surface area contributed by atoms with E-state index in [1.54, 1.807) is 6.07 Å². The molecule has 0 fully saturated rings. The normalized spacial score (nSPS) is 12.3. The lowest BCUT2D eigenvalue weighted by atomic mass is 10.0. The standard InChI is InChI=1S/C16H18O3/c17-14(13-9-10-15(18)16(19)11-13)8-4-7-12-5-2-1-3-6-12/h1-3,5-6,9-11,14,17-19H,4,7-8H2. The molecule has 0 saturated carbocycles. The summed E-state index contributed by atoms with van der Waals surface area (Å²) in [6.07, 6.45) is 1.80. The van der Waals surface area contributed by atoms with Gasteiger partial charge in [0, 0.05) is 0 Å². The summed E-state index contributed by atoms with van der Waals surface area (Å²) in [5.41, 5.74) is 1.88. The van der Waals surface area contributed by atoms with Crippen LogP contribution in [0.5, 0.6) is 11.5 Å². The molecule has 1 atom stereocenters. The van der Waals surface area contributed by atoms with Crippen LogP contribution in [0.2, 0.25) is 0 Å². The predicted molar refractivity (Wildman–Crippen MR) is 74.1 cm³/mol.